The van der Waals surface area contributed by atoms with Crippen molar-refractivity contribution in [1.29, 1.82) is 0 Å². The Bertz CT molecular complexity index is 879. The van der Waals surface area contributed by atoms with Gasteiger partial charge in [-0.25, -0.2) is 9.78 Å². The smallest absolute Gasteiger partial charge is 0.429 e. The Labute approximate surface area is 147 Å². The number of H-pyrrole nitrogens is 1. The Morgan fingerprint density at radius 2 is 1.84 bits per heavy atom. The lowest BCUT2D eigenvalue weighted by atomic mass is 10.1. The normalized spacial score (nSPS) is 12.8. The van der Waals surface area contributed by atoms with Gasteiger partial charge in [0.1, 0.15) is 5.60 Å². The van der Waals surface area contributed by atoms with Crippen LogP contribution in [0.15, 0.2) is 48.5 Å². The number of aromatic nitrogens is 2. The summed E-state index contributed by atoms with van der Waals surface area (Å²) in [5.74, 6) is 0.567. The molecule has 5 heteroatoms. The lowest BCUT2D eigenvalue weighted by Gasteiger charge is -2.22. The first kappa shape index (κ1) is 17.0. The Morgan fingerprint density at radius 3 is 2.52 bits per heavy atom. The van der Waals surface area contributed by atoms with E-state index >= 15 is 0 Å². The molecule has 1 N–H and O–H groups in total. The maximum absolute atomic E-state index is 12.2. The third kappa shape index (κ3) is 4.18. The van der Waals surface area contributed by atoms with Crippen molar-refractivity contribution in [3.8, 4) is 0 Å². The summed E-state index contributed by atoms with van der Waals surface area (Å²) in [6.45, 7) is 7.42. The molecule has 0 radical (unpaired) electrons. The first-order chi connectivity index (χ1) is 11.8. The van der Waals surface area contributed by atoms with Gasteiger partial charge in [-0.3, -0.25) is 0 Å². The van der Waals surface area contributed by atoms with Gasteiger partial charge in [0.05, 0.1) is 11.0 Å². The van der Waals surface area contributed by atoms with Crippen LogP contribution in [0.25, 0.3) is 11.0 Å². The molecule has 0 aliphatic heterocycles. The zero-order valence-electron chi connectivity index (χ0n) is 14.9. The van der Waals surface area contributed by atoms with Crippen molar-refractivity contribution >= 4 is 17.2 Å². The minimum absolute atomic E-state index is 0.567. The van der Waals surface area contributed by atoms with Gasteiger partial charge in [0.25, 0.3) is 0 Å². The summed E-state index contributed by atoms with van der Waals surface area (Å²) in [7, 11) is 0. The molecular weight excluding hydrogens is 316 g/mol. The standard InChI is InChI=1S/C20H22N2O3/c1-13-10-11-15-16(12-13)22-18(21-15)17(14-8-6-5-7-9-14)24-19(23)25-20(2,3)4/h5-12,17H,1-4H3,(H,21,22). The number of imidazole rings is 1. The predicted octanol–water partition coefficient (Wildman–Crippen LogP) is 4.91. The van der Waals surface area contributed by atoms with Gasteiger partial charge in [-0.2, -0.15) is 0 Å². The van der Waals surface area contributed by atoms with Crippen molar-refractivity contribution in [3.63, 3.8) is 0 Å². The molecular formula is C20H22N2O3. The van der Waals surface area contributed by atoms with Crippen LogP contribution in [0.3, 0.4) is 0 Å². The third-order valence-corrected chi connectivity index (χ3v) is 3.61. The van der Waals surface area contributed by atoms with Gasteiger partial charge < -0.3 is 14.5 Å². The largest absolute Gasteiger partial charge is 0.509 e. The van der Waals surface area contributed by atoms with E-state index in [-0.39, 0.29) is 0 Å². The van der Waals surface area contributed by atoms with Crippen LogP contribution in [0.5, 0.6) is 0 Å². The van der Waals surface area contributed by atoms with E-state index in [9.17, 15) is 4.79 Å². The van der Waals surface area contributed by atoms with Crippen molar-refractivity contribution in [2.45, 2.75) is 39.4 Å². The minimum Gasteiger partial charge on any atom is -0.429 e. The molecule has 2 aromatic carbocycles. The highest BCUT2D eigenvalue weighted by Gasteiger charge is 2.26. The fraction of sp³-hybridized carbons (Fsp3) is 0.300. The van der Waals surface area contributed by atoms with Crippen molar-refractivity contribution in [3.05, 3.63) is 65.5 Å². The number of nitrogens with one attached hydrogen (secondary N) is 1. The van der Waals surface area contributed by atoms with Crippen LogP contribution in [-0.2, 0) is 9.47 Å². The number of hydrogen-bond acceptors (Lipinski definition) is 4. The number of benzene rings is 2. The molecule has 25 heavy (non-hydrogen) atoms. The van der Waals surface area contributed by atoms with Crippen molar-refractivity contribution < 1.29 is 14.3 Å². The molecule has 1 unspecified atom stereocenters. The monoisotopic (exact) mass is 338 g/mol. The lowest BCUT2D eigenvalue weighted by molar-refractivity contribution is -0.0213. The van der Waals surface area contributed by atoms with Gasteiger partial charge in [-0.05, 0) is 45.4 Å². The van der Waals surface area contributed by atoms with Crippen LogP contribution < -0.4 is 0 Å². The maximum Gasteiger partial charge on any atom is 0.509 e. The Morgan fingerprint density at radius 1 is 1.12 bits per heavy atom. The van der Waals surface area contributed by atoms with E-state index in [0.717, 1.165) is 22.2 Å². The lowest BCUT2D eigenvalue weighted by Crippen LogP contribution is -2.26. The number of aromatic amines is 1. The second-order valence-corrected chi connectivity index (χ2v) is 7.02. The quantitative estimate of drug-likeness (QED) is 0.689. The molecule has 0 aliphatic carbocycles. The topological polar surface area (TPSA) is 64.2 Å². The van der Waals surface area contributed by atoms with E-state index in [1.165, 1.54) is 0 Å². The summed E-state index contributed by atoms with van der Waals surface area (Å²) in [6, 6.07) is 15.5. The summed E-state index contributed by atoms with van der Waals surface area (Å²) >= 11 is 0. The zero-order chi connectivity index (χ0) is 18.0. The molecule has 0 aliphatic rings. The van der Waals surface area contributed by atoms with E-state index in [4.69, 9.17) is 9.47 Å². The molecule has 0 saturated carbocycles. The van der Waals surface area contributed by atoms with Crippen molar-refractivity contribution in [2.75, 3.05) is 0 Å². The summed E-state index contributed by atoms with van der Waals surface area (Å²) in [5.41, 5.74) is 3.07. The number of carbonyl (C=O) groups is 1. The molecule has 1 heterocycles. The summed E-state index contributed by atoms with van der Waals surface area (Å²) in [5, 5.41) is 0. The van der Waals surface area contributed by atoms with E-state index in [1.54, 1.807) is 20.8 Å². The highest BCUT2D eigenvalue weighted by molar-refractivity contribution is 5.76. The van der Waals surface area contributed by atoms with Gasteiger partial charge in [0.15, 0.2) is 11.9 Å². The number of rotatable bonds is 3. The molecule has 3 rings (SSSR count). The fourth-order valence-corrected chi connectivity index (χ4v) is 2.55. The Kier molecular flexibility index (Phi) is 4.49. The van der Waals surface area contributed by atoms with E-state index in [0.29, 0.717) is 5.82 Å². The number of carbonyl (C=O) groups excluding carboxylic acids is 1. The molecule has 5 nitrogen and oxygen atoms in total. The number of nitrogens with zero attached hydrogens (tertiary/aromatic N) is 1. The first-order valence-corrected chi connectivity index (χ1v) is 8.23. The average molecular weight is 338 g/mol. The fourth-order valence-electron chi connectivity index (χ4n) is 2.55. The highest BCUT2D eigenvalue weighted by atomic mass is 16.7. The number of hydrogen-bond donors (Lipinski definition) is 1. The van der Waals surface area contributed by atoms with Crippen molar-refractivity contribution in [1.82, 2.24) is 9.97 Å². The third-order valence-electron chi connectivity index (χ3n) is 3.61. The van der Waals surface area contributed by atoms with Gasteiger partial charge in [-0.15, -0.1) is 0 Å². The number of ether oxygens (including phenoxy) is 2. The summed E-state index contributed by atoms with van der Waals surface area (Å²) in [6.07, 6.45) is -1.39. The second-order valence-electron chi connectivity index (χ2n) is 7.02. The molecule has 0 fully saturated rings. The predicted molar refractivity (Wildman–Crippen MR) is 96.4 cm³/mol. The maximum atomic E-state index is 12.2. The van der Waals surface area contributed by atoms with Gasteiger partial charge >= 0.3 is 6.16 Å². The molecule has 1 atom stereocenters. The molecule has 130 valence electrons. The minimum atomic E-state index is -0.724. The van der Waals surface area contributed by atoms with Crippen molar-refractivity contribution in [2.24, 2.45) is 0 Å². The number of aryl methyl sites for hydroxylation is 1. The second kappa shape index (κ2) is 6.59. The van der Waals surface area contributed by atoms with E-state index in [1.807, 2.05) is 55.5 Å². The average Bonchev–Trinajstić information content (AvgIpc) is 2.94. The zero-order valence-corrected chi connectivity index (χ0v) is 14.9. The summed E-state index contributed by atoms with van der Waals surface area (Å²) in [4.78, 5) is 20.0. The Hall–Kier alpha value is -2.82. The van der Waals surface area contributed by atoms with Crippen LogP contribution >= 0.6 is 0 Å². The highest BCUT2D eigenvalue weighted by Crippen LogP contribution is 2.27. The van der Waals surface area contributed by atoms with E-state index in [2.05, 4.69) is 9.97 Å². The van der Waals surface area contributed by atoms with Gasteiger partial charge in [0, 0.05) is 5.56 Å². The van der Waals surface area contributed by atoms with Crippen LogP contribution in [0.4, 0.5) is 4.79 Å². The Balaban J connectivity index is 1.96. The molecule has 0 spiro atoms. The van der Waals surface area contributed by atoms with Crippen LogP contribution in [0, 0.1) is 6.92 Å². The van der Waals surface area contributed by atoms with Crippen LogP contribution in [0.2, 0.25) is 0 Å². The molecule has 0 bridgehead atoms. The molecule has 0 saturated heterocycles. The molecule has 1 aromatic heterocycles. The van der Waals surface area contributed by atoms with Gasteiger partial charge in [0.2, 0.25) is 0 Å². The molecule has 3 aromatic rings. The summed E-state index contributed by atoms with van der Waals surface area (Å²) < 4.78 is 10.9. The number of fused-ring (bicyclic) bond motifs is 1. The SMILES string of the molecule is Cc1ccc2nc(C(OC(=O)OC(C)(C)C)c3ccccc3)[nH]c2c1. The van der Waals surface area contributed by atoms with E-state index < -0.39 is 17.9 Å². The van der Waals surface area contributed by atoms with Crippen LogP contribution in [-0.4, -0.2) is 21.7 Å². The molecule has 0 amide bonds. The van der Waals surface area contributed by atoms with Gasteiger partial charge in [-0.1, -0.05) is 36.4 Å². The first-order valence-electron chi connectivity index (χ1n) is 8.23. The van der Waals surface area contributed by atoms with Crippen LogP contribution in [0.1, 0.15) is 43.8 Å².